The third-order valence-corrected chi connectivity index (χ3v) is 15.7. The number of phenolic OH excluding ortho intramolecular Hbond substituents is 1. The number of fused-ring (bicyclic) bond motifs is 3. The minimum atomic E-state index is -1.66. The molecule has 0 aliphatic carbocycles. The Morgan fingerprint density at radius 1 is 0.938 bits per heavy atom. The number of ketones is 1. The van der Waals surface area contributed by atoms with E-state index in [0.717, 1.165) is 11.8 Å². The normalized spacial score (nSPS) is 25.7. The van der Waals surface area contributed by atoms with Gasteiger partial charge in [-0.15, -0.1) is 11.8 Å². The summed E-state index contributed by atoms with van der Waals surface area (Å²) in [5.74, 6) is -10.2. The van der Waals surface area contributed by atoms with Gasteiger partial charge in [0, 0.05) is 74.9 Å². The number of carbonyl (C=O) groups excluding carboxylic acids is 10. The molecule has 4 aliphatic heterocycles. The van der Waals surface area contributed by atoms with Gasteiger partial charge in [-0.05, 0) is 50.8 Å². The summed E-state index contributed by atoms with van der Waals surface area (Å²) in [5.41, 5.74) is 5.46. The van der Waals surface area contributed by atoms with E-state index in [0.29, 0.717) is 31.4 Å². The number of ether oxygens (including phenoxy) is 1. The topological polar surface area (TPSA) is 417 Å². The zero-order chi connectivity index (χ0) is 58.7. The lowest BCUT2D eigenvalue weighted by atomic mass is 9.90. The van der Waals surface area contributed by atoms with Crippen molar-refractivity contribution in [1.29, 1.82) is 0 Å². The molecule has 3 bridgehead atoms. The van der Waals surface area contributed by atoms with Gasteiger partial charge < -0.3 is 83.7 Å². The minimum absolute atomic E-state index is 0.00193. The molecular formula is C51H77N13O15S. The Morgan fingerprint density at radius 2 is 1.61 bits per heavy atom. The summed E-state index contributed by atoms with van der Waals surface area (Å²) in [7, 11) is 0. The van der Waals surface area contributed by atoms with Gasteiger partial charge in [-0.2, -0.15) is 0 Å². The van der Waals surface area contributed by atoms with E-state index < -0.39 is 164 Å². The fourth-order valence-electron chi connectivity index (χ4n) is 9.93. The van der Waals surface area contributed by atoms with Crippen LogP contribution in [0.3, 0.4) is 0 Å². The van der Waals surface area contributed by atoms with Gasteiger partial charge >= 0.3 is 6.09 Å². The van der Waals surface area contributed by atoms with Gasteiger partial charge in [0.1, 0.15) is 41.6 Å². The summed E-state index contributed by atoms with van der Waals surface area (Å²) in [6.07, 6.45) is -3.80. The molecule has 1 aromatic heterocycles. The van der Waals surface area contributed by atoms with E-state index in [1.807, 2.05) is 4.90 Å². The summed E-state index contributed by atoms with van der Waals surface area (Å²) < 4.78 is 5.36. The van der Waals surface area contributed by atoms with Crippen LogP contribution in [0, 0.1) is 11.8 Å². The predicted octanol–water partition coefficient (Wildman–Crippen LogP) is -4.42. The average Bonchev–Trinajstić information content (AvgIpc) is 4.01. The van der Waals surface area contributed by atoms with Crippen molar-refractivity contribution < 1.29 is 73.1 Å². The smallest absolute Gasteiger partial charge is 0.407 e. The predicted molar refractivity (Wildman–Crippen MR) is 288 cm³/mol. The van der Waals surface area contributed by atoms with Gasteiger partial charge in [-0.3, -0.25) is 53.0 Å². The maximum atomic E-state index is 15.4. The lowest BCUT2D eigenvalue weighted by Crippen LogP contribution is -2.60. The van der Waals surface area contributed by atoms with Crippen molar-refractivity contribution in [2.75, 3.05) is 71.3 Å². The molecule has 6 rings (SSSR count). The Kier molecular flexibility index (Phi) is 21.7. The van der Waals surface area contributed by atoms with Gasteiger partial charge in [0.15, 0.2) is 5.78 Å². The Morgan fingerprint density at radius 3 is 2.24 bits per heavy atom. The highest BCUT2D eigenvalue weighted by Crippen LogP contribution is 2.42. The molecule has 442 valence electrons. The number of amides is 9. The first-order valence-electron chi connectivity index (χ1n) is 26.8. The summed E-state index contributed by atoms with van der Waals surface area (Å²) >= 11 is 0.966. The molecule has 2 aromatic rings. The van der Waals surface area contributed by atoms with Crippen LogP contribution >= 0.6 is 11.8 Å². The average molecular weight is 1140 g/mol. The standard InChI is InChI=1S/C51H77N13O15S/c1-7-24(2)39-47(76)56-20-36(70)57-32-23-80-49-28(17-31(44(73)55-21-37(71)60-39)59-48(77)40(25(3)34(68)22-65)61-45(74)30-16-26(66)19-54-30)27-8-9-33(67)38(41(27)62-49)42(43(72)29(18-35(52)69)58-46(32)75)64-14-12-63(13-15-64)11-10-53-50(78)79-51(4,5)6/h8-9,24-26,29-32,34,39-40,42,54,62,65-68H,7,10-23H2,1-6H3,(H2,52,69)(H,53,78)(H,55,73)(H,56,76)(H,57,70)(H,58,75)(H,59,77)(H,60,71)(H,61,74)/t24-,25-,26+,29-,30-,31+,32-,34-,39-,40-,42?/m0/s1. The van der Waals surface area contributed by atoms with Crippen LogP contribution in [0.2, 0.25) is 0 Å². The molecule has 4 aliphatic rings. The number of nitrogens with two attached hydrogens (primary N) is 1. The highest BCUT2D eigenvalue weighted by atomic mass is 32.2. The zero-order valence-corrected chi connectivity index (χ0v) is 46.6. The molecule has 28 nitrogen and oxygen atoms in total. The van der Waals surface area contributed by atoms with E-state index in [1.165, 1.54) is 19.1 Å². The number of aliphatic hydroxyl groups is 3. The monoisotopic (exact) mass is 1140 g/mol. The van der Waals surface area contributed by atoms with Gasteiger partial charge in [0.2, 0.25) is 47.3 Å². The van der Waals surface area contributed by atoms with Crippen molar-refractivity contribution >= 4 is 81.8 Å². The fraction of sp³-hybridized carbons (Fsp3) is 0.647. The number of Topliss-reactive ketones (excluding diaryl/α,β-unsaturated/α-hetero) is 1. The Bertz CT molecular complexity index is 2640. The molecule has 16 N–H and O–H groups in total. The summed E-state index contributed by atoms with van der Waals surface area (Å²) in [5, 5.41) is 67.1. The third-order valence-electron chi connectivity index (χ3n) is 14.6. The number of aromatic amines is 1. The molecule has 2 saturated heterocycles. The molecule has 9 amide bonds. The molecule has 0 spiro atoms. The van der Waals surface area contributed by atoms with Crippen molar-refractivity contribution in [3.63, 3.8) is 0 Å². The number of hydrogen-bond donors (Lipinski definition) is 15. The van der Waals surface area contributed by atoms with Gasteiger partial charge in [-0.25, -0.2) is 4.79 Å². The van der Waals surface area contributed by atoms with Crippen LogP contribution in [0.5, 0.6) is 5.75 Å². The van der Waals surface area contributed by atoms with E-state index >= 15 is 4.79 Å². The van der Waals surface area contributed by atoms with Crippen LogP contribution in [0.25, 0.3) is 10.9 Å². The van der Waals surface area contributed by atoms with Crippen molar-refractivity contribution in [3.8, 4) is 5.75 Å². The number of aromatic nitrogens is 1. The van der Waals surface area contributed by atoms with Gasteiger partial charge in [0.05, 0.1) is 61.0 Å². The number of nitrogens with one attached hydrogen (secondary N) is 10. The first-order valence-corrected chi connectivity index (χ1v) is 27.8. The number of hydrogen-bond acceptors (Lipinski definition) is 19. The SMILES string of the molecule is CC[C@H](C)[C@@H]1NC(=O)CNC(=O)[C@H](NC(=O)[C@@H](NC(=O)[C@@H]2C[C@@H](O)CN2)[C@@H](C)[C@@H](O)CO)Cc2c3[nH]c4c(c(O)ccc24)C(N2CCN(CCNC(=O)OC(C)(C)C)CC2)C(=O)[C@H](CC(N)=O)NC(=O)[C@H](CS3)NC(=O)CNC1=O. The largest absolute Gasteiger partial charge is 0.508 e. The van der Waals surface area contributed by atoms with Crippen molar-refractivity contribution in [2.24, 2.45) is 17.6 Å². The highest BCUT2D eigenvalue weighted by molar-refractivity contribution is 7.99. The van der Waals surface area contributed by atoms with E-state index in [9.17, 15) is 63.6 Å². The molecule has 29 heteroatoms. The molecule has 1 unspecified atom stereocenters. The van der Waals surface area contributed by atoms with Gasteiger partial charge in [0.25, 0.3) is 0 Å². The highest BCUT2D eigenvalue weighted by Gasteiger charge is 2.42. The zero-order valence-electron chi connectivity index (χ0n) is 45.8. The molecule has 11 atom stereocenters. The summed E-state index contributed by atoms with van der Waals surface area (Å²) in [6.45, 7) is 9.56. The number of aromatic hydroxyl groups is 1. The molecule has 0 saturated carbocycles. The number of alkyl carbamates (subject to hydrolysis) is 1. The molecule has 80 heavy (non-hydrogen) atoms. The van der Waals surface area contributed by atoms with E-state index in [1.54, 1.807) is 39.5 Å². The number of aliphatic hydroxyl groups excluding tert-OH is 3. The second-order valence-corrected chi connectivity index (χ2v) is 22.7. The Hall–Kier alpha value is -6.63. The van der Waals surface area contributed by atoms with Crippen LogP contribution in [0.1, 0.15) is 78.0 Å². The van der Waals surface area contributed by atoms with Crippen LogP contribution < -0.4 is 53.6 Å². The van der Waals surface area contributed by atoms with Crippen LogP contribution in [0.4, 0.5) is 4.79 Å². The van der Waals surface area contributed by atoms with Crippen LogP contribution in [-0.2, 0) is 54.3 Å². The van der Waals surface area contributed by atoms with E-state index in [-0.39, 0.29) is 65.8 Å². The first-order chi connectivity index (χ1) is 37.8. The number of carbonyl (C=O) groups is 10. The lowest BCUT2D eigenvalue weighted by Gasteiger charge is -2.40. The maximum Gasteiger partial charge on any atom is 0.407 e. The molecule has 5 heterocycles. The maximum absolute atomic E-state index is 15.4. The summed E-state index contributed by atoms with van der Waals surface area (Å²) in [6, 6.07) is -7.17. The Labute approximate surface area is 466 Å². The molecule has 2 fully saturated rings. The number of β-amino-alcohol motifs (C(OH)–C–C–N with tert-alkyl or cyclic N) is 1. The number of thioether (sulfide) groups is 1. The number of piperazine rings is 1. The van der Waals surface area contributed by atoms with E-state index in [2.05, 4.69) is 52.8 Å². The number of primary amides is 1. The minimum Gasteiger partial charge on any atom is -0.508 e. The third kappa shape index (κ3) is 16.3. The quantitative estimate of drug-likeness (QED) is 0.0800. The van der Waals surface area contributed by atoms with Gasteiger partial charge in [-0.1, -0.05) is 27.2 Å². The van der Waals surface area contributed by atoms with Crippen LogP contribution in [-0.4, -0.2) is 220 Å². The molecule has 1 aromatic carbocycles. The number of rotatable bonds is 15. The second-order valence-electron chi connectivity index (χ2n) is 21.7. The lowest BCUT2D eigenvalue weighted by molar-refractivity contribution is -0.135. The summed E-state index contributed by atoms with van der Waals surface area (Å²) in [4.78, 5) is 146. The van der Waals surface area contributed by atoms with Crippen LogP contribution in [0.15, 0.2) is 17.2 Å². The molecular weight excluding hydrogens is 1070 g/mol. The van der Waals surface area contributed by atoms with E-state index in [4.69, 9.17) is 10.5 Å². The first kappa shape index (κ1) is 62.6. The molecule has 0 radical (unpaired) electrons. The Balaban J connectivity index is 1.48. The van der Waals surface area contributed by atoms with Crippen molar-refractivity contribution in [1.82, 2.24) is 62.6 Å². The fourth-order valence-corrected chi connectivity index (χ4v) is 11.0. The second kappa shape index (κ2) is 27.7. The van der Waals surface area contributed by atoms with Crippen molar-refractivity contribution in [3.05, 3.63) is 23.3 Å². The number of benzene rings is 1. The number of nitrogens with zero attached hydrogens (tertiary/aromatic N) is 2. The van der Waals surface area contributed by atoms with Crippen molar-refractivity contribution in [2.45, 2.75) is 132 Å². The number of H-pyrrole nitrogens is 1. The number of phenols is 1.